The molecule has 0 amide bonds. The molecule has 0 unspecified atom stereocenters. The van der Waals surface area contributed by atoms with E-state index in [2.05, 4.69) is 25.9 Å². The van der Waals surface area contributed by atoms with E-state index in [0.717, 1.165) is 17.8 Å². The Kier molecular flexibility index (Phi) is 9.24. The van der Waals surface area contributed by atoms with Crippen LogP contribution in [0.25, 0.3) is 0 Å². The molecule has 0 bridgehead atoms. The molecular weight excluding hydrogens is 236 g/mol. The molecule has 2 fully saturated rings. The van der Waals surface area contributed by atoms with Crippen molar-refractivity contribution in [2.24, 2.45) is 0 Å². The van der Waals surface area contributed by atoms with Gasteiger partial charge in [0.15, 0.2) is 6.73 Å². The van der Waals surface area contributed by atoms with Crippen molar-refractivity contribution in [3.05, 3.63) is 0 Å². The monoisotopic (exact) mass is 264 g/mol. The highest BCUT2D eigenvalue weighted by Gasteiger charge is 2.26. The molecule has 0 aromatic rings. The molecule has 0 saturated carbocycles. The van der Waals surface area contributed by atoms with E-state index < -0.39 is 0 Å². The second-order valence-corrected chi connectivity index (χ2v) is 5.41. The van der Waals surface area contributed by atoms with E-state index >= 15 is 0 Å². The van der Waals surface area contributed by atoms with Crippen LogP contribution in [0.4, 0.5) is 0 Å². The lowest BCUT2D eigenvalue weighted by atomic mass is 10.4. The topological polar surface area (TPSA) is 12.5 Å². The smallest absolute Gasteiger partial charge is 0.182 e. The summed E-state index contributed by atoms with van der Waals surface area (Å²) in [6.45, 7) is 9.08. The van der Waals surface area contributed by atoms with Crippen molar-refractivity contribution in [1.82, 2.24) is 4.90 Å². The maximum absolute atomic E-state index is 5.39. The molecule has 2 saturated heterocycles. The first-order chi connectivity index (χ1) is 7.66. The predicted molar refractivity (Wildman–Crippen MR) is 68.4 cm³/mol. The molecule has 0 aliphatic carbocycles. The molecule has 4 heteroatoms. The van der Waals surface area contributed by atoms with Crippen LogP contribution in [0.1, 0.15) is 32.6 Å². The van der Waals surface area contributed by atoms with Crippen molar-refractivity contribution >= 4 is 0 Å². The summed E-state index contributed by atoms with van der Waals surface area (Å²) < 4.78 is 6.53. The van der Waals surface area contributed by atoms with Crippen molar-refractivity contribution in [2.75, 3.05) is 53.6 Å². The third-order valence-electron chi connectivity index (χ3n) is 3.58. The largest absolute Gasteiger partial charge is 1.00 e. The minimum absolute atomic E-state index is 0. The van der Waals surface area contributed by atoms with Gasteiger partial charge in [-0.2, -0.15) is 0 Å². The zero-order valence-electron chi connectivity index (χ0n) is 11.8. The van der Waals surface area contributed by atoms with Crippen LogP contribution in [0.2, 0.25) is 0 Å². The summed E-state index contributed by atoms with van der Waals surface area (Å²) in [6, 6.07) is 0. The maximum atomic E-state index is 5.39. The summed E-state index contributed by atoms with van der Waals surface area (Å²) in [5.41, 5.74) is 0. The van der Waals surface area contributed by atoms with Gasteiger partial charge in [-0.15, -0.1) is 0 Å². The fraction of sp³-hybridized carbons (Fsp3) is 1.00. The summed E-state index contributed by atoms with van der Waals surface area (Å²) in [7, 11) is 4.45. The van der Waals surface area contributed by atoms with Crippen LogP contribution in [-0.2, 0) is 4.74 Å². The standard InChI is InChI=1S/C8H18NO.C5H11N.ClH/c1-3-10-8-9(2)6-4-5-7-9;1-6-4-2-3-5-6;/h3-8H2,1-2H3;2-5H2,1H3;1H/q+1;;/p-1. The first-order valence-electron chi connectivity index (χ1n) is 6.76. The number of rotatable bonds is 3. The first kappa shape index (κ1) is 17.2. The Labute approximate surface area is 113 Å². The normalized spacial score (nSPS) is 22.8. The zero-order chi connectivity index (χ0) is 11.9. The van der Waals surface area contributed by atoms with Gasteiger partial charge in [-0.1, -0.05) is 0 Å². The Morgan fingerprint density at radius 1 is 1.06 bits per heavy atom. The molecule has 104 valence electrons. The molecule has 2 heterocycles. The summed E-state index contributed by atoms with van der Waals surface area (Å²) in [4.78, 5) is 2.36. The van der Waals surface area contributed by atoms with Crippen molar-refractivity contribution in [1.29, 1.82) is 0 Å². The Morgan fingerprint density at radius 2 is 1.59 bits per heavy atom. The lowest BCUT2D eigenvalue weighted by Gasteiger charge is -2.27. The maximum Gasteiger partial charge on any atom is 0.182 e. The van der Waals surface area contributed by atoms with Crippen molar-refractivity contribution in [3.8, 4) is 0 Å². The van der Waals surface area contributed by atoms with Gasteiger partial charge in [0.2, 0.25) is 0 Å². The molecule has 2 aliphatic rings. The van der Waals surface area contributed by atoms with Crippen molar-refractivity contribution in [2.45, 2.75) is 32.6 Å². The van der Waals surface area contributed by atoms with Crippen LogP contribution < -0.4 is 12.4 Å². The summed E-state index contributed by atoms with van der Waals surface area (Å²) in [6.07, 6.45) is 5.58. The van der Waals surface area contributed by atoms with Gasteiger partial charge in [-0.3, -0.25) is 0 Å². The van der Waals surface area contributed by atoms with Gasteiger partial charge in [0.25, 0.3) is 0 Å². The van der Waals surface area contributed by atoms with Crippen LogP contribution in [-0.4, -0.2) is 63.0 Å². The van der Waals surface area contributed by atoms with Gasteiger partial charge in [-0.05, 0) is 39.9 Å². The molecule has 17 heavy (non-hydrogen) atoms. The van der Waals surface area contributed by atoms with E-state index in [-0.39, 0.29) is 12.4 Å². The van der Waals surface area contributed by atoms with E-state index in [1.165, 1.54) is 51.9 Å². The van der Waals surface area contributed by atoms with Crippen molar-refractivity contribution < 1.29 is 21.6 Å². The molecule has 0 aromatic carbocycles. The van der Waals surface area contributed by atoms with E-state index in [1.54, 1.807) is 0 Å². The van der Waals surface area contributed by atoms with Gasteiger partial charge in [0.1, 0.15) is 0 Å². The fourth-order valence-electron chi connectivity index (χ4n) is 2.41. The highest BCUT2D eigenvalue weighted by atomic mass is 35.5. The molecule has 0 N–H and O–H groups in total. The highest BCUT2D eigenvalue weighted by Crippen LogP contribution is 2.15. The summed E-state index contributed by atoms with van der Waals surface area (Å²) in [5, 5.41) is 0. The molecule has 3 nitrogen and oxygen atoms in total. The highest BCUT2D eigenvalue weighted by molar-refractivity contribution is 4.59. The molecule has 0 atom stereocenters. The SMILES string of the molecule is CCOC[N+]1(C)CCCC1.CN1CCCC1.[Cl-]. The number of hydrogen-bond acceptors (Lipinski definition) is 2. The quantitative estimate of drug-likeness (QED) is 0.603. The lowest BCUT2D eigenvalue weighted by Crippen LogP contribution is -3.00. The first-order valence-corrected chi connectivity index (χ1v) is 6.76. The van der Waals surface area contributed by atoms with Gasteiger partial charge in [0.05, 0.1) is 20.1 Å². The fourth-order valence-corrected chi connectivity index (χ4v) is 2.41. The summed E-state index contributed by atoms with van der Waals surface area (Å²) in [5.74, 6) is 0. The van der Waals surface area contributed by atoms with E-state index in [9.17, 15) is 0 Å². The Hall–Kier alpha value is 0.170. The predicted octanol–water partition coefficient (Wildman–Crippen LogP) is -1.06. The van der Waals surface area contributed by atoms with E-state index in [0.29, 0.717) is 0 Å². The Balaban J connectivity index is 0.000000316. The van der Waals surface area contributed by atoms with E-state index in [1.807, 2.05) is 0 Å². The Bertz CT molecular complexity index is 178. The number of nitrogens with zero attached hydrogens (tertiary/aromatic N) is 2. The molecule has 0 radical (unpaired) electrons. The minimum atomic E-state index is 0. The van der Waals surface area contributed by atoms with Crippen LogP contribution >= 0.6 is 0 Å². The second kappa shape index (κ2) is 9.15. The van der Waals surface area contributed by atoms with E-state index in [4.69, 9.17) is 4.74 Å². The van der Waals surface area contributed by atoms with Crippen LogP contribution in [0.5, 0.6) is 0 Å². The number of likely N-dealkylation sites (tertiary alicyclic amines) is 2. The van der Waals surface area contributed by atoms with Crippen LogP contribution in [0, 0.1) is 0 Å². The van der Waals surface area contributed by atoms with Crippen LogP contribution in [0.15, 0.2) is 0 Å². The average Bonchev–Trinajstić information content (AvgIpc) is 2.89. The van der Waals surface area contributed by atoms with Gasteiger partial charge >= 0.3 is 0 Å². The number of hydrogen-bond donors (Lipinski definition) is 0. The number of quaternary nitrogens is 1. The number of halogens is 1. The van der Waals surface area contributed by atoms with Gasteiger partial charge in [0, 0.05) is 19.4 Å². The molecule has 2 rings (SSSR count). The van der Waals surface area contributed by atoms with Crippen LogP contribution in [0.3, 0.4) is 0 Å². The Morgan fingerprint density at radius 3 is 1.94 bits per heavy atom. The third-order valence-corrected chi connectivity index (χ3v) is 3.58. The van der Waals surface area contributed by atoms with Gasteiger partial charge < -0.3 is 26.5 Å². The molecule has 0 spiro atoms. The second-order valence-electron chi connectivity index (χ2n) is 5.41. The third kappa shape index (κ3) is 7.24. The molecular formula is C13H29ClN2O. The minimum Gasteiger partial charge on any atom is -1.00 e. The summed E-state index contributed by atoms with van der Waals surface area (Å²) >= 11 is 0. The number of ether oxygens (including phenoxy) is 1. The van der Waals surface area contributed by atoms with Crippen molar-refractivity contribution in [3.63, 3.8) is 0 Å². The zero-order valence-corrected chi connectivity index (χ0v) is 12.5. The molecule has 0 aromatic heterocycles. The average molecular weight is 265 g/mol. The van der Waals surface area contributed by atoms with Gasteiger partial charge in [-0.25, -0.2) is 0 Å². The molecule has 2 aliphatic heterocycles. The lowest BCUT2D eigenvalue weighted by molar-refractivity contribution is -0.916.